The van der Waals surface area contributed by atoms with Gasteiger partial charge in [0, 0.05) is 41.6 Å². The van der Waals surface area contributed by atoms with Crippen molar-refractivity contribution in [2.45, 2.75) is 0 Å². The highest BCUT2D eigenvalue weighted by Gasteiger charge is 2.14. The van der Waals surface area contributed by atoms with Gasteiger partial charge in [-0.05, 0) is 48.5 Å². The van der Waals surface area contributed by atoms with Crippen molar-refractivity contribution in [3.63, 3.8) is 0 Å². The molecule has 8 heteroatoms. The normalized spacial score (nSPS) is 10.4. The molecule has 7 nitrogen and oxygen atoms in total. The molecule has 0 fully saturated rings. The molecule has 0 aliphatic heterocycles. The Morgan fingerprint density at radius 2 is 1.59 bits per heavy atom. The van der Waals surface area contributed by atoms with Crippen LogP contribution in [0.4, 0.5) is 20.7 Å². The molecule has 3 aromatic heterocycles. The fraction of sp³-hybridized carbons (Fsp3) is 0. The van der Waals surface area contributed by atoms with Gasteiger partial charge in [-0.25, -0.2) is 14.2 Å². The first-order chi connectivity index (χ1) is 14.2. The minimum absolute atomic E-state index is 0.265. The van der Waals surface area contributed by atoms with Gasteiger partial charge in [0.1, 0.15) is 11.5 Å². The smallest absolute Gasteiger partial charge is 0.308 e. The average molecular weight is 386 g/mol. The Bertz CT molecular complexity index is 1120. The lowest BCUT2D eigenvalue weighted by Crippen LogP contribution is -2.20. The van der Waals surface area contributed by atoms with Gasteiger partial charge in [0.15, 0.2) is 5.82 Å². The molecule has 0 saturated heterocycles. The molecule has 0 radical (unpaired) electrons. The van der Waals surface area contributed by atoms with Crippen molar-refractivity contribution in [1.82, 2.24) is 19.9 Å². The molecule has 2 N–H and O–H groups in total. The number of benzene rings is 1. The fourth-order valence-corrected chi connectivity index (χ4v) is 2.69. The fourth-order valence-electron chi connectivity index (χ4n) is 2.69. The summed E-state index contributed by atoms with van der Waals surface area (Å²) in [6.07, 6.45) is 8.16. The van der Waals surface area contributed by atoms with Crippen LogP contribution in [0.2, 0.25) is 0 Å². The maximum atomic E-state index is 13.0. The van der Waals surface area contributed by atoms with Crippen molar-refractivity contribution in [2.75, 3.05) is 10.6 Å². The number of aromatic nitrogens is 4. The first-order valence-corrected chi connectivity index (χ1v) is 8.70. The molecule has 142 valence electrons. The molecule has 0 bridgehead atoms. The summed E-state index contributed by atoms with van der Waals surface area (Å²) < 4.78 is 13.0. The second-order valence-electron chi connectivity index (χ2n) is 6.02. The summed E-state index contributed by atoms with van der Waals surface area (Å²) in [5.41, 5.74) is 3.27. The summed E-state index contributed by atoms with van der Waals surface area (Å²) in [6.45, 7) is 0. The first-order valence-electron chi connectivity index (χ1n) is 8.70. The minimum atomic E-state index is -0.514. The lowest BCUT2D eigenvalue weighted by Gasteiger charge is -2.11. The number of amides is 2. The molecule has 4 aromatic rings. The van der Waals surface area contributed by atoms with Crippen molar-refractivity contribution < 1.29 is 9.18 Å². The van der Waals surface area contributed by atoms with E-state index in [1.165, 1.54) is 30.5 Å². The molecule has 0 spiro atoms. The van der Waals surface area contributed by atoms with Gasteiger partial charge in [-0.1, -0.05) is 0 Å². The quantitative estimate of drug-likeness (QED) is 0.543. The zero-order valence-corrected chi connectivity index (χ0v) is 15.1. The van der Waals surface area contributed by atoms with E-state index in [1.54, 1.807) is 30.9 Å². The van der Waals surface area contributed by atoms with Crippen molar-refractivity contribution in [1.29, 1.82) is 0 Å². The molecule has 3 heterocycles. The standard InChI is InChI=1S/C21H15FN6O/c22-16-3-5-17(6-4-16)26-21(29)28-18-13-25-19(14-7-10-23-11-8-14)20(27-18)15-2-1-9-24-12-15/h1-13H,(H2,26,27,28,29). The molecule has 2 amide bonds. The predicted octanol–water partition coefficient (Wildman–Crippen LogP) is 4.38. The first kappa shape index (κ1) is 18.2. The van der Waals surface area contributed by atoms with Crippen LogP contribution in [0.25, 0.3) is 22.5 Å². The monoisotopic (exact) mass is 386 g/mol. The highest BCUT2D eigenvalue weighted by Crippen LogP contribution is 2.29. The van der Waals surface area contributed by atoms with E-state index in [4.69, 9.17) is 0 Å². The summed E-state index contributed by atoms with van der Waals surface area (Å²) in [7, 11) is 0. The van der Waals surface area contributed by atoms with Gasteiger partial charge in [-0.2, -0.15) is 0 Å². The Morgan fingerprint density at radius 1 is 0.793 bits per heavy atom. The van der Waals surface area contributed by atoms with Gasteiger partial charge < -0.3 is 5.32 Å². The van der Waals surface area contributed by atoms with Gasteiger partial charge in [-0.3, -0.25) is 20.3 Å². The minimum Gasteiger partial charge on any atom is -0.308 e. The third-order valence-corrected chi connectivity index (χ3v) is 4.00. The highest BCUT2D eigenvalue weighted by atomic mass is 19.1. The van der Waals surface area contributed by atoms with Crippen LogP contribution in [0.5, 0.6) is 0 Å². The van der Waals surface area contributed by atoms with Crippen LogP contribution in [0, 0.1) is 5.82 Å². The Labute approximate surface area is 165 Å². The SMILES string of the molecule is O=C(Nc1ccc(F)cc1)Nc1cnc(-c2ccncc2)c(-c2cccnc2)n1. The lowest BCUT2D eigenvalue weighted by molar-refractivity contribution is 0.262. The summed E-state index contributed by atoms with van der Waals surface area (Å²) in [6, 6.07) is 12.3. The molecule has 0 saturated carbocycles. The van der Waals surface area contributed by atoms with E-state index in [2.05, 4.69) is 30.6 Å². The zero-order valence-electron chi connectivity index (χ0n) is 15.1. The van der Waals surface area contributed by atoms with Crippen LogP contribution in [0.1, 0.15) is 0 Å². The molecular weight excluding hydrogens is 371 g/mol. The topological polar surface area (TPSA) is 92.7 Å². The highest BCUT2D eigenvalue weighted by molar-refractivity contribution is 5.99. The number of hydrogen-bond acceptors (Lipinski definition) is 5. The van der Waals surface area contributed by atoms with Crippen LogP contribution >= 0.6 is 0 Å². The number of anilines is 2. The van der Waals surface area contributed by atoms with E-state index in [0.717, 1.165) is 11.1 Å². The molecule has 4 rings (SSSR count). The molecular formula is C21H15FN6O. The second-order valence-corrected chi connectivity index (χ2v) is 6.02. The third kappa shape index (κ3) is 4.38. The number of carbonyl (C=O) groups excluding carboxylic acids is 1. The van der Waals surface area contributed by atoms with E-state index in [0.29, 0.717) is 17.1 Å². The van der Waals surface area contributed by atoms with Crippen LogP contribution in [-0.4, -0.2) is 26.0 Å². The van der Waals surface area contributed by atoms with E-state index in [-0.39, 0.29) is 11.6 Å². The van der Waals surface area contributed by atoms with E-state index in [9.17, 15) is 9.18 Å². The Balaban J connectivity index is 1.63. The summed E-state index contributed by atoms with van der Waals surface area (Å²) in [5.74, 6) is -0.115. The number of nitrogens with zero attached hydrogens (tertiary/aromatic N) is 4. The molecule has 0 atom stereocenters. The predicted molar refractivity (Wildman–Crippen MR) is 108 cm³/mol. The van der Waals surface area contributed by atoms with Crippen LogP contribution < -0.4 is 10.6 Å². The zero-order chi connectivity index (χ0) is 20.1. The van der Waals surface area contributed by atoms with Crippen LogP contribution in [0.3, 0.4) is 0 Å². The summed E-state index contributed by atoms with van der Waals surface area (Å²) in [4.78, 5) is 29.5. The molecule has 0 aliphatic carbocycles. The number of carbonyl (C=O) groups is 1. The lowest BCUT2D eigenvalue weighted by atomic mass is 10.1. The second kappa shape index (κ2) is 8.22. The molecule has 0 unspecified atom stereocenters. The largest absolute Gasteiger partial charge is 0.324 e. The maximum absolute atomic E-state index is 13.0. The van der Waals surface area contributed by atoms with Gasteiger partial charge in [0.05, 0.1) is 11.9 Å². The van der Waals surface area contributed by atoms with Gasteiger partial charge in [0.2, 0.25) is 0 Å². The maximum Gasteiger partial charge on any atom is 0.324 e. The summed E-state index contributed by atoms with van der Waals surface area (Å²) in [5, 5.41) is 5.26. The summed E-state index contributed by atoms with van der Waals surface area (Å²) >= 11 is 0. The van der Waals surface area contributed by atoms with E-state index >= 15 is 0 Å². The molecule has 1 aromatic carbocycles. The molecule has 29 heavy (non-hydrogen) atoms. The average Bonchev–Trinajstić information content (AvgIpc) is 2.76. The van der Waals surface area contributed by atoms with Crippen LogP contribution in [0.15, 0.2) is 79.5 Å². The number of urea groups is 1. The number of halogens is 1. The molecule has 0 aliphatic rings. The van der Waals surface area contributed by atoms with Crippen LogP contribution in [-0.2, 0) is 0 Å². The van der Waals surface area contributed by atoms with Crippen molar-refractivity contribution in [2.24, 2.45) is 0 Å². The van der Waals surface area contributed by atoms with E-state index < -0.39 is 6.03 Å². The Kier molecular flexibility index (Phi) is 5.15. The van der Waals surface area contributed by atoms with Gasteiger partial charge in [0.25, 0.3) is 0 Å². The number of rotatable bonds is 4. The number of hydrogen-bond donors (Lipinski definition) is 2. The Hall–Kier alpha value is -4.20. The Morgan fingerprint density at radius 3 is 2.31 bits per heavy atom. The van der Waals surface area contributed by atoms with Crippen molar-refractivity contribution in [3.05, 3.63) is 85.3 Å². The van der Waals surface area contributed by atoms with Crippen molar-refractivity contribution >= 4 is 17.5 Å². The van der Waals surface area contributed by atoms with Gasteiger partial charge >= 0.3 is 6.03 Å². The van der Waals surface area contributed by atoms with Crippen molar-refractivity contribution in [3.8, 4) is 22.5 Å². The van der Waals surface area contributed by atoms with Gasteiger partial charge in [-0.15, -0.1) is 0 Å². The third-order valence-electron chi connectivity index (χ3n) is 4.00. The van der Waals surface area contributed by atoms with E-state index in [1.807, 2.05) is 18.2 Å². The number of pyridine rings is 2. The number of nitrogens with one attached hydrogen (secondary N) is 2.